The number of likely N-dealkylation sites (tertiary alicyclic amines) is 1. The minimum Gasteiger partial charge on any atom is -0.342 e. The molecule has 0 unspecified atom stereocenters. The molecule has 0 N–H and O–H groups in total. The first-order chi connectivity index (χ1) is 12.3. The molecule has 1 saturated heterocycles. The summed E-state index contributed by atoms with van der Waals surface area (Å²) in [5.74, 6) is 1.49. The van der Waals surface area contributed by atoms with Crippen molar-refractivity contribution in [2.24, 2.45) is 11.8 Å². The summed E-state index contributed by atoms with van der Waals surface area (Å²) in [6, 6.07) is 19.6. The number of nitrogens with zero attached hydrogens (tertiary/aromatic N) is 1. The second kappa shape index (κ2) is 7.43. The maximum Gasteiger partial charge on any atom is 0.225 e. The van der Waals surface area contributed by atoms with Crippen molar-refractivity contribution in [2.45, 2.75) is 38.5 Å². The number of benzene rings is 2. The molecule has 1 aliphatic carbocycles. The van der Waals surface area contributed by atoms with Gasteiger partial charge in [-0.25, -0.2) is 0 Å². The van der Waals surface area contributed by atoms with Gasteiger partial charge in [-0.05, 0) is 54.7 Å². The van der Waals surface area contributed by atoms with Gasteiger partial charge in [0.2, 0.25) is 5.91 Å². The fourth-order valence-corrected chi connectivity index (χ4v) is 4.07. The Labute approximate surface area is 150 Å². The number of carbonyl (C=O) groups is 1. The summed E-state index contributed by atoms with van der Waals surface area (Å²) >= 11 is 0. The van der Waals surface area contributed by atoms with Crippen LogP contribution in [0.2, 0.25) is 0 Å². The molecule has 0 bridgehead atoms. The van der Waals surface area contributed by atoms with Crippen LogP contribution in [0.4, 0.5) is 0 Å². The highest BCUT2D eigenvalue weighted by Gasteiger charge is 2.31. The van der Waals surface area contributed by atoms with E-state index in [0.29, 0.717) is 17.7 Å². The van der Waals surface area contributed by atoms with Crippen LogP contribution in [0.5, 0.6) is 0 Å². The van der Waals surface area contributed by atoms with E-state index in [1.54, 1.807) is 0 Å². The van der Waals surface area contributed by atoms with E-state index in [4.69, 9.17) is 0 Å². The van der Waals surface area contributed by atoms with Crippen molar-refractivity contribution in [3.05, 3.63) is 60.2 Å². The zero-order valence-electron chi connectivity index (χ0n) is 14.9. The van der Waals surface area contributed by atoms with E-state index in [-0.39, 0.29) is 0 Å². The Morgan fingerprint density at radius 3 is 2.08 bits per heavy atom. The number of hydrogen-bond donors (Lipinski definition) is 0. The van der Waals surface area contributed by atoms with Crippen LogP contribution < -0.4 is 0 Å². The van der Waals surface area contributed by atoms with E-state index < -0.39 is 0 Å². The van der Waals surface area contributed by atoms with Gasteiger partial charge >= 0.3 is 0 Å². The van der Waals surface area contributed by atoms with Crippen molar-refractivity contribution in [1.29, 1.82) is 0 Å². The summed E-state index contributed by atoms with van der Waals surface area (Å²) in [6.07, 6.45) is 6.92. The van der Waals surface area contributed by atoms with Crippen LogP contribution >= 0.6 is 0 Å². The third kappa shape index (κ3) is 3.78. The minimum absolute atomic E-state index is 0.349. The molecule has 130 valence electrons. The highest BCUT2D eigenvalue weighted by Crippen LogP contribution is 2.30. The molecule has 2 nitrogen and oxygen atoms in total. The van der Waals surface area contributed by atoms with E-state index in [0.717, 1.165) is 45.2 Å². The Balaban J connectivity index is 1.30. The van der Waals surface area contributed by atoms with Crippen LogP contribution in [-0.2, 0) is 11.2 Å². The average molecular weight is 333 g/mol. The number of rotatable bonds is 4. The van der Waals surface area contributed by atoms with Gasteiger partial charge in [0.05, 0.1) is 0 Å². The van der Waals surface area contributed by atoms with Gasteiger partial charge in [0.25, 0.3) is 0 Å². The lowest BCUT2D eigenvalue weighted by Gasteiger charge is -2.36. The molecular formula is C23H27NO. The topological polar surface area (TPSA) is 20.3 Å². The smallest absolute Gasteiger partial charge is 0.225 e. The van der Waals surface area contributed by atoms with Crippen LogP contribution in [0.3, 0.4) is 0 Å². The van der Waals surface area contributed by atoms with Gasteiger partial charge < -0.3 is 4.90 Å². The van der Waals surface area contributed by atoms with Crippen molar-refractivity contribution in [3.63, 3.8) is 0 Å². The third-order valence-corrected chi connectivity index (χ3v) is 5.97. The monoisotopic (exact) mass is 333 g/mol. The number of hydrogen-bond acceptors (Lipinski definition) is 1. The molecule has 0 aromatic heterocycles. The highest BCUT2D eigenvalue weighted by molar-refractivity contribution is 5.79. The molecule has 1 aliphatic heterocycles. The summed E-state index contributed by atoms with van der Waals surface area (Å²) in [7, 11) is 0. The largest absolute Gasteiger partial charge is 0.342 e. The van der Waals surface area contributed by atoms with E-state index in [2.05, 4.69) is 59.5 Å². The molecular weight excluding hydrogens is 306 g/mol. The quantitative estimate of drug-likeness (QED) is 0.776. The van der Waals surface area contributed by atoms with Gasteiger partial charge in [0.15, 0.2) is 0 Å². The van der Waals surface area contributed by atoms with Crippen molar-refractivity contribution in [1.82, 2.24) is 4.90 Å². The maximum absolute atomic E-state index is 12.3. The first-order valence-electron chi connectivity index (χ1n) is 9.73. The highest BCUT2D eigenvalue weighted by atomic mass is 16.2. The first kappa shape index (κ1) is 16.4. The van der Waals surface area contributed by atoms with Crippen molar-refractivity contribution >= 4 is 5.91 Å². The van der Waals surface area contributed by atoms with Crippen LogP contribution in [0.1, 0.15) is 37.7 Å². The molecule has 2 fully saturated rings. The van der Waals surface area contributed by atoms with Gasteiger partial charge in [-0.2, -0.15) is 0 Å². The second-order valence-corrected chi connectivity index (χ2v) is 7.66. The lowest BCUT2D eigenvalue weighted by molar-refractivity contribution is -0.139. The maximum atomic E-state index is 12.3. The standard InChI is InChI=1S/C23H27NO/c25-23(22-7-4-8-22)24-15-13-19(14-16-24)17-18-9-11-21(12-10-18)20-5-2-1-3-6-20/h1-3,5-6,9-12,19,22H,4,7-8,13-17H2. The van der Waals surface area contributed by atoms with Crippen LogP contribution in [0, 0.1) is 11.8 Å². The normalized spacial score (nSPS) is 18.8. The molecule has 0 spiro atoms. The summed E-state index contributed by atoms with van der Waals surface area (Å²) in [6.45, 7) is 1.92. The number of amides is 1. The second-order valence-electron chi connectivity index (χ2n) is 7.66. The van der Waals surface area contributed by atoms with Crippen LogP contribution in [0.25, 0.3) is 11.1 Å². The Hall–Kier alpha value is -2.09. The Bertz CT molecular complexity index is 695. The third-order valence-electron chi connectivity index (χ3n) is 5.97. The molecule has 1 amide bonds. The molecule has 2 aliphatic rings. The van der Waals surface area contributed by atoms with Gasteiger partial charge in [-0.3, -0.25) is 4.79 Å². The fourth-order valence-electron chi connectivity index (χ4n) is 4.07. The molecule has 2 aromatic rings. The zero-order chi connectivity index (χ0) is 17.1. The molecule has 2 aromatic carbocycles. The zero-order valence-corrected chi connectivity index (χ0v) is 14.9. The lowest BCUT2D eigenvalue weighted by atomic mass is 9.83. The summed E-state index contributed by atoms with van der Waals surface area (Å²) in [4.78, 5) is 14.5. The molecule has 0 atom stereocenters. The number of carbonyl (C=O) groups excluding carboxylic acids is 1. The predicted molar refractivity (Wildman–Crippen MR) is 102 cm³/mol. The minimum atomic E-state index is 0.349. The van der Waals surface area contributed by atoms with E-state index in [9.17, 15) is 4.79 Å². The van der Waals surface area contributed by atoms with Gasteiger partial charge in [-0.15, -0.1) is 0 Å². The van der Waals surface area contributed by atoms with Gasteiger partial charge in [0.1, 0.15) is 0 Å². The Kier molecular flexibility index (Phi) is 4.87. The summed E-state index contributed by atoms with van der Waals surface area (Å²) in [5, 5.41) is 0. The predicted octanol–water partition coefficient (Wildman–Crippen LogP) is 4.93. The molecule has 1 heterocycles. The SMILES string of the molecule is O=C(C1CCC1)N1CCC(Cc2ccc(-c3ccccc3)cc2)CC1. The van der Waals surface area contributed by atoms with E-state index in [1.165, 1.54) is 23.1 Å². The van der Waals surface area contributed by atoms with Gasteiger partial charge in [-0.1, -0.05) is 61.0 Å². The van der Waals surface area contributed by atoms with Crippen molar-refractivity contribution in [3.8, 4) is 11.1 Å². The average Bonchev–Trinajstić information content (AvgIpc) is 2.62. The van der Waals surface area contributed by atoms with E-state index in [1.807, 2.05) is 0 Å². The Morgan fingerprint density at radius 1 is 0.840 bits per heavy atom. The van der Waals surface area contributed by atoms with Crippen LogP contribution in [-0.4, -0.2) is 23.9 Å². The first-order valence-corrected chi connectivity index (χ1v) is 9.73. The van der Waals surface area contributed by atoms with Crippen molar-refractivity contribution < 1.29 is 4.79 Å². The van der Waals surface area contributed by atoms with E-state index >= 15 is 0 Å². The van der Waals surface area contributed by atoms with Crippen LogP contribution in [0.15, 0.2) is 54.6 Å². The molecule has 4 rings (SSSR count). The molecule has 1 saturated carbocycles. The fraction of sp³-hybridized carbons (Fsp3) is 0.435. The van der Waals surface area contributed by atoms with Crippen molar-refractivity contribution in [2.75, 3.05) is 13.1 Å². The summed E-state index contributed by atoms with van der Waals surface area (Å²) in [5.41, 5.74) is 3.98. The molecule has 0 radical (unpaired) electrons. The Morgan fingerprint density at radius 2 is 1.48 bits per heavy atom. The summed E-state index contributed by atoms with van der Waals surface area (Å²) < 4.78 is 0. The molecule has 25 heavy (non-hydrogen) atoms. The van der Waals surface area contributed by atoms with Gasteiger partial charge in [0, 0.05) is 19.0 Å². The molecule has 2 heteroatoms. The lowest BCUT2D eigenvalue weighted by Crippen LogP contribution is -2.43. The number of piperidine rings is 1.